The second-order valence-corrected chi connectivity index (χ2v) is 5.58. The molecule has 6 heteroatoms. The van der Waals surface area contributed by atoms with Crippen molar-refractivity contribution in [3.8, 4) is 0 Å². The Morgan fingerprint density at radius 2 is 2.30 bits per heavy atom. The Labute approximate surface area is 117 Å². The van der Waals surface area contributed by atoms with Gasteiger partial charge in [-0.15, -0.1) is 0 Å². The van der Waals surface area contributed by atoms with E-state index in [0.717, 1.165) is 16.6 Å². The van der Waals surface area contributed by atoms with Crippen LogP contribution in [0.1, 0.15) is 32.4 Å². The lowest BCUT2D eigenvalue weighted by Gasteiger charge is -2.22. The third-order valence-corrected chi connectivity index (χ3v) is 2.79. The van der Waals surface area contributed by atoms with Crippen LogP contribution in [-0.2, 0) is 4.74 Å². The van der Waals surface area contributed by atoms with E-state index >= 15 is 0 Å². The standard InChI is InChI=1S/C14H20N4O2/c1-14(2,3)20-13(19)18-11(7-15)10-8-17-12-9(10)5-4-6-16-12/h4-6,8,11H,7,15H2,1-3H3,(H,16,17)(H,18,19). The number of H-pyrrole nitrogens is 1. The van der Waals surface area contributed by atoms with Crippen molar-refractivity contribution in [2.45, 2.75) is 32.4 Å². The number of nitrogens with one attached hydrogen (secondary N) is 2. The average molecular weight is 276 g/mol. The van der Waals surface area contributed by atoms with E-state index in [2.05, 4.69) is 15.3 Å². The molecule has 108 valence electrons. The van der Waals surface area contributed by atoms with Gasteiger partial charge < -0.3 is 20.8 Å². The second kappa shape index (κ2) is 5.50. The Bertz CT molecular complexity index is 600. The maximum Gasteiger partial charge on any atom is 0.408 e. The summed E-state index contributed by atoms with van der Waals surface area (Å²) in [6.45, 7) is 5.74. The first-order valence-electron chi connectivity index (χ1n) is 6.52. The number of nitrogens with two attached hydrogens (primary N) is 1. The van der Waals surface area contributed by atoms with Gasteiger partial charge in [-0.2, -0.15) is 0 Å². The van der Waals surface area contributed by atoms with E-state index in [0.29, 0.717) is 0 Å². The summed E-state index contributed by atoms with van der Waals surface area (Å²) >= 11 is 0. The highest BCUT2D eigenvalue weighted by Crippen LogP contribution is 2.22. The van der Waals surface area contributed by atoms with Crippen LogP contribution in [0, 0.1) is 0 Å². The lowest BCUT2D eigenvalue weighted by Crippen LogP contribution is -2.37. The molecular formula is C14H20N4O2. The third kappa shape index (κ3) is 3.27. The molecule has 2 aromatic heterocycles. The topological polar surface area (TPSA) is 93.0 Å². The van der Waals surface area contributed by atoms with Crippen LogP contribution >= 0.6 is 0 Å². The number of carbonyl (C=O) groups is 1. The van der Waals surface area contributed by atoms with Crippen LogP contribution in [0.2, 0.25) is 0 Å². The Morgan fingerprint density at radius 1 is 1.55 bits per heavy atom. The number of aromatic amines is 1. The minimum atomic E-state index is -0.537. The molecule has 1 unspecified atom stereocenters. The van der Waals surface area contributed by atoms with Gasteiger partial charge in [-0.05, 0) is 32.9 Å². The fraction of sp³-hybridized carbons (Fsp3) is 0.429. The molecule has 1 atom stereocenters. The molecule has 0 aliphatic rings. The smallest absolute Gasteiger partial charge is 0.408 e. The lowest BCUT2D eigenvalue weighted by atomic mass is 10.1. The minimum Gasteiger partial charge on any atom is -0.444 e. The maximum absolute atomic E-state index is 11.8. The van der Waals surface area contributed by atoms with Crippen LogP contribution in [0.4, 0.5) is 4.79 Å². The van der Waals surface area contributed by atoms with Crippen LogP contribution in [0.5, 0.6) is 0 Å². The first-order valence-corrected chi connectivity index (χ1v) is 6.52. The number of pyridine rings is 1. The molecule has 1 amide bonds. The molecule has 0 spiro atoms. The van der Waals surface area contributed by atoms with Gasteiger partial charge in [0.2, 0.25) is 0 Å². The Balaban J connectivity index is 2.18. The zero-order chi connectivity index (χ0) is 14.8. The molecule has 6 nitrogen and oxygen atoms in total. The van der Waals surface area contributed by atoms with Gasteiger partial charge in [0.25, 0.3) is 0 Å². The highest BCUT2D eigenvalue weighted by atomic mass is 16.6. The van der Waals surface area contributed by atoms with Crippen LogP contribution in [-0.4, -0.2) is 28.2 Å². The lowest BCUT2D eigenvalue weighted by molar-refractivity contribution is 0.0505. The first-order chi connectivity index (χ1) is 9.40. The van der Waals surface area contributed by atoms with E-state index in [9.17, 15) is 4.79 Å². The summed E-state index contributed by atoms with van der Waals surface area (Å²) in [5.74, 6) is 0. The molecule has 2 heterocycles. The van der Waals surface area contributed by atoms with Gasteiger partial charge in [-0.25, -0.2) is 9.78 Å². The molecule has 2 rings (SSSR count). The Hall–Kier alpha value is -2.08. The van der Waals surface area contributed by atoms with Crippen molar-refractivity contribution in [2.24, 2.45) is 5.73 Å². The van der Waals surface area contributed by atoms with Gasteiger partial charge in [0, 0.05) is 29.9 Å². The molecule has 0 aliphatic carbocycles. The summed E-state index contributed by atoms with van der Waals surface area (Å²) < 4.78 is 5.25. The van der Waals surface area contributed by atoms with Crippen molar-refractivity contribution in [1.29, 1.82) is 0 Å². The zero-order valence-corrected chi connectivity index (χ0v) is 11.9. The van der Waals surface area contributed by atoms with Crippen LogP contribution < -0.4 is 11.1 Å². The summed E-state index contributed by atoms with van der Waals surface area (Å²) in [6.07, 6.45) is 3.04. The van der Waals surface area contributed by atoms with Crippen molar-refractivity contribution in [1.82, 2.24) is 15.3 Å². The van der Waals surface area contributed by atoms with Gasteiger partial charge in [0.1, 0.15) is 11.2 Å². The molecule has 0 saturated heterocycles. The number of rotatable bonds is 3. The summed E-state index contributed by atoms with van der Waals surface area (Å²) in [5.41, 5.74) is 6.90. The maximum atomic E-state index is 11.8. The SMILES string of the molecule is CC(C)(C)OC(=O)NC(CN)c1c[nH]c2ncccc12. The van der Waals surface area contributed by atoms with E-state index in [-0.39, 0.29) is 12.6 Å². The second-order valence-electron chi connectivity index (χ2n) is 5.58. The summed E-state index contributed by atoms with van der Waals surface area (Å²) in [7, 11) is 0. The fourth-order valence-electron chi connectivity index (χ4n) is 1.98. The van der Waals surface area contributed by atoms with Crippen molar-refractivity contribution in [2.75, 3.05) is 6.54 Å². The number of nitrogens with zero attached hydrogens (tertiary/aromatic N) is 1. The quantitative estimate of drug-likeness (QED) is 0.800. The molecule has 4 N–H and O–H groups in total. The van der Waals surface area contributed by atoms with Crippen molar-refractivity contribution in [3.05, 3.63) is 30.1 Å². The van der Waals surface area contributed by atoms with Crippen LogP contribution in [0.25, 0.3) is 11.0 Å². The highest BCUT2D eigenvalue weighted by Gasteiger charge is 2.21. The van der Waals surface area contributed by atoms with Gasteiger partial charge >= 0.3 is 6.09 Å². The number of ether oxygens (including phenoxy) is 1. The average Bonchev–Trinajstić information content (AvgIpc) is 2.77. The first kappa shape index (κ1) is 14.3. The van der Waals surface area contributed by atoms with Crippen LogP contribution in [0.15, 0.2) is 24.5 Å². The molecule has 20 heavy (non-hydrogen) atoms. The van der Waals surface area contributed by atoms with Crippen molar-refractivity contribution in [3.63, 3.8) is 0 Å². The number of carbonyl (C=O) groups excluding carboxylic acids is 1. The van der Waals surface area contributed by atoms with E-state index in [1.807, 2.05) is 39.1 Å². The largest absolute Gasteiger partial charge is 0.444 e. The minimum absolute atomic E-state index is 0.279. The number of fused-ring (bicyclic) bond motifs is 1. The van der Waals surface area contributed by atoms with Crippen molar-refractivity contribution < 1.29 is 9.53 Å². The predicted octanol–water partition coefficient (Wildman–Crippen LogP) is 2.09. The number of alkyl carbamates (subject to hydrolysis) is 1. The van der Waals surface area contributed by atoms with E-state index in [4.69, 9.17) is 10.5 Å². The van der Waals surface area contributed by atoms with Gasteiger partial charge in [0.15, 0.2) is 0 Å². The zero-order valence-electron chi connectivity index (χ0n) is 11.9. The van der Waals surface area contributed by atoms with Gasteiger partial charge in [-0.3, -0.25) is 0 Å². The molecule has 0 aliphatic heterocycles. The van der Waals surface area contributed by atoms with Crippen LogP contribution in [0.3, 0.4) is 0 Å². The molecule has 0 radical (unpaired) electrons. The molecule has 0 saturated carbocycles. The monoisotopic (exact) mass is 276 g/mol. The Kier molecular flexibility index (Phi) is 3.94. The number of amides is 1. The molecule has 0 aromatic carbocycles. The molecule has 2 aromatic rings. The molecule has 0 fully saturated rings. The van der Waals surface area contributed by atoms with Gasteiger partial charge in [-0.1, -0.05) is 0 Å². The number of hydrogen-bond acceptors (Lipinski definition) is 4. The van der Waals surface area contributed by atoms with Gasteiger partial charge in [0.05, 0.1) is 6.04 Å². The number of hydrogen-bond donors (Lipinski definition) is 3. The summed E-state index contributed by atoms with van der Waals surface area (Å²) in [5, 5.41) is 3.73. The molecular weight excluding hydrogens is 256 g/mol. The highest BCUT2D eigenvalue weighted by molar-refractivity contribution is 5.81. The third-order valence-electron chi connectivity index (χ3n) is 2.79. The Morgan fingerprint density at radius 3 is 2.95 bits per heavy atom. The fourth-order valence-corrected chi connectivity index (χ4v) is 1.98. The summed E-state index contributed by atoms with van der Waals surface area (Å²) in [6, 6.07) is 3.47. The predicted molar refractivity (Wildman–Crippen MR) is 77.3 cm³/mol. The normalized spacial score (nSPS) is 13.2. The summed E-state index contributed by atoms with van der Waals surface area (Å²) in [4.78, 5) is 19.1. The van der Waals surface area contributed by atoms with Crippen molar-refractivity contribution >= 4 is 17.1 Å². The number of aromatic nitrogens is 2. The van der Waals surface area contributed by atoms with E-state index < -0.39 is 11.7 Å². The molecule has 0 bridgehead atoms. The van der Waals surface area contributed by atoms with E-state index in [1.165, 1.54) is 0 Å². The van der Waals surface area contributed by atoms with E-state index in [1.54, 1.807) is 6.20 Å².